The molecule has 1 nitrogen and oxygen atoms in total. The molecule has 0 fully saturated rings. The van der Waals surface area contributed by atoms with Crippen molar-refractivity contribution in [2.24, 2.45) is 5.92 Å². The summed E-state index contributed by atoms with van der Waals surface area (Å²) in [6.07, 6.45) is 0. The zero-order chi connectivity index (χ0) is 13.5. The van der Waals surface area contributed by atoms with Crippen LogP contribution in [0.15, 0.2) is 60.7 Å². The molecular formula is C17H18OS. The number of carbonyl (C=O) groups is 1. The quantitative estimate of drug-likeness (QED) is 0.722. The van der Waals surface area contributed by atoms with Gasteiger partial charge in [-0.2, -0.15) is 11.8 Å². The van der Waals surface area contributed by atoms with Gasteiger partial charge < -0.3 is 0 Å². The van der Waals surface area contributed by atoms with E-state index in [1.54, 1.807) is 0 Å². The van der Waals surface area contributed by atoms with E-state index >= 15 is 0 Å². The van der Waals surface area contributed by atoms with Crippen molar-refractivity contribution in [2.75, 3.05) is 5.75 Å². The molecule has 0 bridgehead atoms. The maximum absolute atomic E-state index is 12.2. The Balaban J connectivity index is 1.82. The third-order valence-electron chi connectivity index (χ3n) is 2.99. The van der Waals surface area contributed by atoms with Gasteiger partial charge in [0.25, 0.3) is 0 Å². The molecule has 0 aromatic heterocycles. The Labute approximate surface area is 119 Å². The van der Waals surface area contributed by atoms with Crippen molar-refractivity contribution in [1.29, 1.82) is 0 Å². The van der Waals surface area contributed by atoms with Gasteiger partial charge in [-0.05, 0) is 5.56 Å². The van der Waals surface area contributed by atoms with Crippen LogP contribution in [-0.2, 0) is 5.75 Å². The van der Waals surface area contributed by atoms with Crippen molar-refractivity contribution >= 4 is 17.5 Å². The SMILES string of the molecule is C[C@H](CSCc1ccccc1)C(=O)c1ccccc1. The Kier molecular flexibility index (Phi) is 5.22. The molecular weight excluding hydrogens is 252 g/mol. The monoisotopic (exact) mass is 270 g/mol. The first-order chi connectivity index (χ1) is 9.27. The molecule has 0 radical (unpaired) electrons. The number of carbonyl (C=O) groups excluding carboxylic acids is 1. The molecule has 0 aliphatic carbocycles. The third-order valence-corrected chi connectivity index (χ3v) is 4.26. The second-order valence-electron chi connectivity index (χ2n) is 4.63. The highest BCUT2D eigenvalue weighted by Crippen LogP contribution is 2.18. The molecule has 2 aromatic rings. The zero-order valence-corrected chi connectivity index (χ0v) is 11.9. The molecule has 2 aromatic carbocycles. The van der Waals surface area contributed by atoms with Gasteiger partial charge in [0.1, 0.15) is 0 Å². The van der Waals surface area contributed by atoms with Gasteiger partial charge in [0, 0.05) is 23.0 Å². The second-order valence-corrected chi connectivity index (χ2v) is 5.66. The van der Waals surface area contributed by atoms with Gasteiger partial charge in [-0.25, -0.2) is 0 Å². The van der Waals surface area contributed by atoms with Gasteiger partial charge in [0.2, 0.25) is 0 Å². The molecule has 0 amide bonds. The van der Waals surface area contributed by atoms with Gasteiger partial charge in [-0.3, -0.25) is 4.79 Å². The minimum Gasteiger partial charge on any atom is -0.294 e. The first-order valence-electron chi connectivity index (χ1n) is 6.48. The summed E-state index contributed by atoms with van der Waals surface area (Å²) in [5.41, 5.74) is 2.13. The topological polar surface area (TPSA) is 17.1 Å². The normalized spacial score (nSPS) is 12.1. The molecule has 1 atom stereocenters. The van der Waals surface area contributed by atoms with Crippen LogP contribution >= 0.6 is 11.8 Å². The predicted molar refractivity (Wildman–Crippen MR) is 82.5 cm³/mol. The third kappa shape index (κ3) is 4.25. The van der Waals surface area contributed by atoms with E-state index < -0.39 is 0 Å². The molecule has 0 unspecified atom stereocenters. The Bertz CT molecular complexity index is 507. The highest BCUT2D eigenvalue weighted by Gasteiger charge is 2.14. The van der Waals surface area contributed by atoms with E-state index in [0.717, 1.165) is 17.1 Å². The van der Waals surface area contributed by atoms with Gasteiger partial charge in [0.05, 0.1) is 0 Å². The number of benzene rings is 2. The number of rotatable bonds is 6. The lowest BCUT2D eigenvalue weighted by Crippen LogP contribution is -2.13. The van der Waals surface area contributed by atoms with Crippen LogP contribution in [0.25, 0.3) is 0 Å². The molecule has 0 saturated heterocycles. The maximum Gasteiger partial charge on any atom is 0.166 e. The lowest BCUT2D eigenvalue weighted by Gasteiger charge is -2.10. The van der Waals surface area contributed by atoms with Gasteiger partial charge in [-0.15, -0.1) is 0 Å². The van der Waals surface area contributed by atoms with E-state index in [4.69, 9.17) is 0 Å². The van der Waals surface area contributed by atoms with Crippen molar-refractivity contribution in [3.63, 3.8) is 0 Å². The van der Waals surface area contributed by atoms with E-state index in [1.807, 2.05) is 55.1 Å². The fourth-order valence-electron chi connectivity index (χ4n) is 1.89. The summed E-state index contributed by atoms with van der Waals surface area (Å²) in [5, 5.41) is 0. The minimum absolute atomic E-state index is 0.0658. The molecule has 2 rings (SSSR count). The fraction of sp³-hybridized carbons (Fsp3) is 0.235. The molecule has 0 heterocycles. The van der Waals surface area contributed by atoms with Gasteiger partial charge in [-0.1, -0.05) is 67.6 Å². The molecule has 19 heavy (non-hydrogen) atoms. The van der Waals surface area contributed by atoms with E-state index in [0.29, 0.717) is 0 Å². The van der Waals surface area contributed by atoms with E-state index in [1.165, 1.54) is 5.56 Å². The Morgan fingerprint density at radius 1 is 1.00 bits per heavy atom. The van der Waals surface area contributed by atoms with Crippen LogP contribution in [0.2, 0.25) is 0 Å². The molecule has 0 saturated carbocycles. The average Bonchev–Trinajstić information content (AvgIpc) is 2.48. The summed E-state index contributed by atoms with van der Waals surface area (Å²) in [7, 11) is 0. The van der Waals surface area contributed by atoms with Crippen LogP contribution in [0.5, 0.6) is 0 Å². The number of hydrogen-bond donors (Lipinski definition) is 0. The summed E-state index contributed by atoms with van der Waals surface area (Å²) in [6, 6.07) is 19.9. The number of thioether (sulfide) groups is 1. The molecule has 0 aliphatic rings. The van der Waals surface area contributed by atoms with E-state index in [9.17, 15) is 4.79 Å². The second kappa shape index (κ2) is 7.15. The summed E-state index contributed by atoms with van der Waals surface area (Å²) in [5.74, 6) is 2.13. The fourth-order valence-corrected chi connectivity index (χ4v) is 2.94. The highest BCUT2D eigenvalue weighted by molar-refractivity contribution is 7.98. The van der Waals surface area contributed by atoms with Gasteiger partial charge in [0.15, 0.2) is 5.78 Å². The summed E-state index contributed by atoms with van der Waals surface area (Å²) in [4.78, 5) is 12.2. The Morgan fingerprint density at radius 3 is 2.21 bits per heavy atom. The van der Waals surface area contributed by atoms with Crippen LogP contribution in [0, 0.1) is 5.92 Å². The summed E-state index contributed by atoms with van der Waals surface area (Å²) >= 11 is 1.82. The molecule has 0 aliphatic heterocycles. The van der Waals surface area contributed by atoms with Crippen LogP contribution in [0.3, 0.4) is 0 Å². The molecule has 98 valence electrons. The first-order valence-corrected chi connectivity index (χ1v) is 7.64. The number of Topliss-reactive ketones (excluding diaryl/α,β-unsaturated/α-hetero) is 1. The average molecular weight is 270 g/mol. The van der Waals surface area contributed by atoms with Crippen molar-refractivity contribution in [3.8, 4) is 0 Å². The van der Waals surface area contributed by atoms with Crippen molar-refractivity contribution in [1.82, 2.24) is 0 Å². The van der Waals surface area contributed by atoms with Crippen molar-refractivity contribution in [2.45, 2.75) is 12.7 Å². The summed E-state index contributed by atoms with van der Waals surface area (Å²) < 4.78 is 0. The Hall–Kier alpha value is -1.54. The maximum atomic E-state index is 12.2. The number of hydrogen-bond acceptors (Lipinski definition) is 2. The smallest absolute Gasteiger partial charge is 0.166 e. The summed E-state index contributed by atoms with van der Waals surface area (Å²) in [6.45, 7) is 2.01. The van der Waals surface area contributed by atoms with E-state index in [2.05, 4.69) is 24.3 Å². The lowest BCUT2D eigenvalue weighted by molar-refractivity contribution is 0.0942. The standard InChI is InChI=1S/C17H18OS/c1-14(17(18)16-10-6-3-7-11-16)12-19-13-15-8-4-2-5-9-15/h2-11,14H,12-13H2,1H3/t14-/m1/s1. The van der Waals surface area contributed by atoms with Gasteiger partial charge >= 0.3 is 0 Å². The molecule has 2 heteroatoms. The van der Waals surface area contributed by atoms with E-state index in [-0.39, 0.29) is 11.7 Å². The lowest BCUT2D eigenvalue weighted by atomic mass is 10.0. The van der Waals surface area contributed by atoms with Crippen molar-refractivity contribution < 1.29 is 4.79 Å². The Morgan fingerprint density at radius 2 is 1.58 bits per heavy atom. The minimum atomic E-state index is 0.0658. The first kappa shape index (κ1) is 13.9. The van der Waals surface area contributed by atoms with Crippen LogP contribution < -0.4 is 0 Å². The molecule has 0 N–H and O–H groups in total. The zero-order valence-electron chi connectivity index (χ0n) is 11.1. The number of ketones is 1. The molecule has 0 spiro atoms. The van der Waals surface area contributed by atoms with Crippen LogP contribution in [0.4, 0.5) is 0 Å². The van der Waals surface area contributed by atoms with Crippen LogP contribution in [-0.4, -0.2) is 11.5 Å². The predicted octanol–water partition coefficient (Wildman–Crippen LogP) is 4.44. The van der Waals surface area contributed by atoms with Crippen LogP contribution in [0.1, 0.15) is 22.8 Å². The van der Waals surface area contributed by atoms with Crippen molar-refractivity contribution in [3.05, 3.63) is 71.8 Å². The largest absolute Gasteiger partial charge is 0.294 e. The highest BCUT2D eigenvalue weighted by atomic mass is 32.2.